The topological polar surface area (TPSA) is 58.2 Å². The van der Waals surface area contributed by atoms with Crippen molar-refractivity contribution in [2.75, 3.05) is 6.54 Å². The van der Waals surface area contributed by atoms with E-state index in [4.69, 9.17) is 0 Å². The Kier molecular flexibility index (Phi) is 7.53. The molecule has 0 unspecified atom stereocenters. The maximum atomic E-state index is 11.8. The fourth-order valence-electron chi connectivity index (χ4n) is 2.41. The first-order valence-electron chi connectivity index (χ1n) is 7.70. The van der Waals surface area contributed by atoms with E-state index in [1.54, 1.807) is 0 Å². The maximum absolute atomic E-state index is 11.8. The van der Waals surface area contributed by atoms with Gasteiger partial charge < -0.3 is 10.6 Å². The van der Waals surface area contributed by atoms with Crippen molar-refractivity contribution >= 4 is 11.8 Å². The number of carbonyl (C=O) groups is 2. The van der Waals surface area contributed by atoms with Gasteiger partial charge in [-0.05, 0) is 18.8 Å². The normalized spacial score (nSPS) is 20.1. The summed E-state index contributed by atoms with van der Waals surface area (Å²) in [5.74, 6) is 0.482. The van der Waals surface area contributed by atoms with Crippen molar-refractivity contribution in [3.63, 3.8) is 0 Å². The molecule has 2 amide bonds. The number of amides is 2. The summed E-state index contributed by atoms with van der Waals surface area (Å²) in [5, 5.41) is 5.64. The molecule has 19 heavy (non-hydrogen) atoms. The third kappa shape index (κ3) is 6.60. The molecule has 1 fully saturated rings. The van der Waals surface area contributed by atoms with Gasteiger partial charge in [0.25, 0.3) is 0 Å². The van der Waals surface area contributed by atoms with Crippen molar-refractivity contribution in [1.82, 2.24) is 10.6 Å². The fraction of sp³-hybridized carbons (Fsp3) is 0.867. The van der Waals surface area contributed by atoms with Gasteiger partial charge in [-0.3, -0.25) is 9.59 Å². The Morgan fingerprint density at radius 1 is 1.37 bits per heavy atom. The van der Waals surface area contributed by atoms with Crippen molar-refractivity contribution in [2.24, 2.45) is 5.92 Å². The molecule has 110 valence electrons. The number of nitrogens with one attached hydrogen (secondary N) is 2. The molecule has 0 spiro atoms. The standard InChI is InChI=1S/C15H28N2O2/c1-3-4-5-6-7-8-12(2)11-16-15(19)13-9-10-14(18)17-13/h12-13H,3-11H2,1-2H3,(H,16,19)(H,17,18)/t12-,13+/m1/s1. The highest BCUT2D eigenvalue weighted by Crippen LogP contribution is 2.11. The van der Waals surface area contributed by atoms with E-state index in [9.17, 15) is 9.59 Å². The first kappa shape index (κ1) is 16.0. The van der Waals surface area contributed by atoms with Crippen LogP contribution in [0.2, 0.25) is 0 Å². The molecule has 4 nitrogen and oxygen atoms in total. The lowest BCUT2D eigenvalue weighted by atomic mass is 10.0. The summed E-state index contributed by atoms with van der Waals surface area (Å²) >= 11 is 0. The second-order valence-corrected chi connectivity index (χ2v) is 5.71. The Hall–Kier alpha value is -1.06. The summed E-state index contributed by atoms with van der Waals surface area (Å²) in [4.78, 5) is 22.8. The van der Waals surface area contributed by atoms with E-state index in [2.05, 4.69) is 24.5 Å². The van der Waals surface area contributed by atoms with Crippen molar-refractivity contribution < 1.29 is 9.59 Å². The molecule has 0 aliphatic carbocycles. The highest BCUT2D eigenvalue weighted by molar-refractivity contribution is 5.90. The minimum atomic E-state index is -0.302. The van der Waals surface area contributed by atoms with Gasteiger partial charge >= 0.3 is 0 Å². The largest absolute Gasteiger partial charge is 0.354 e. The van der Waals surface area contributed by atoms with Crippen LogP contribution < -0.4 is 10.6 Å². The van der Waals surface area contributed by atoms with Crippen LogP contribution in [0.1, 0.15) is 65.2 Å². The van der Waals surface area contributed by atoms with Crippen LogP contribution >= 0.6 is 0 Å². The highest BCUT2D eigenvalue weighted by atomic mass is 16.2. The molecular weight excluding hydrogens is 240 g/mol. The quantitative estimate of drug-likeness (QED) is 0.631. The van der Waals surface area contributed by atoms with Gasteiger partial charge in [-0.15, -0.1) is 0 Å². The van der Waals surface area contributed by atoms with Crippen molar-refractivity contribution in [3.05, 3.63) is 0 Å². The molecular formula is C15H28N2O2. The van der Waals surface area contributed by atoms with E-state index in [1.165, 1.54) is 38.5 Å². The van der Waals surface area contributed by atoms with Crippen LogP contribution in [0.5, 0.6) is 0 Å². The molecule has 1 aliphatic rings. The van der Waals surface area contributed by atoms with Gasteiger partial charge in [-0.25, -0.2) is 0 Å². The summed E-state index contributed by atoms with van der Waals surface area (Å²) < 4.78 is 0. The van der Waals surface area contributed by atoms with Gasteiger partial charge in [-0.1, -0.05) is 46.0 Å². The molecule has 1 saturated heterocycles. The average Bonchev–Trinajstić information content (AvgIpc) is 2.82. The Bertz CT molecular complexity index is 292. The lowest BCUT2D eigenvalue weighted by Crippen LogP contribution is -2.42. The van der Waals surface area contributed by atoms with E-state index in [0.717, 1.165) is 6.54 Å². The lowest BCUT2D eigenvalue weighted by Gasteiger charge is -2.15. The summed E-state index contributed by atoms with van der Waals surface area (Å²) in [6.07, 6.45) is 8.75. The minimum Gasteiger partial charge on any atom is -0.354 e. The number of unbranched alkanes of at least 4 members (excludes halogenated alkanes) is 4. The van der Waals surface area contributed by atoms with Gasteiger partial charge in [0.05, 0.1) is 0 Å². The Labute approximate surface area is 116 Å². The first-order chi connectivity index (χ1) is 9.13. The smallest absolute Gasteiger partial charge is 0.242 e. The number of rotatable bonds is 9. The predicted octanol–water partition coefficient (Wildman–Crippen LogP) is 2.38. The van der Waals surface area contributed by atoms with E-state index >= 15 is 0 Å². The molecule has 2 atom stereocenters. The average molecular weight is 268 g/mol. The third-order valence-corrected chi connectivity index (χ3v) is 3.74. The first-order valence-corrected chi connectivity index (χ1v) is 7.70. The zero-order chi connectivity index (χ0) is 14.1. The van der Waals surface area contributed by atoms with E-state index in [-0.39, 0.29) is 17.9 Å². The molecule has 0 bridgehead atoms. The molecule has 0 aromatic carbocycles. The lowest BCUT2D eigenvalue weighted by molar-refractivity contribution is -0.125. The number of carbonyl (C=O) groups excluding carboxylic acids is 2. The maximum Gasteiger partial charge on any atom is 0.242 e. The van der Waals surface area contributed by atoms with Crippen LogP contribution in [0.3, 0.4) is 0 Å². The van der Waals surface area contributed by atoms with Crippen LogP contribution in [-0.2, 0) is 9.59 Å². The number of hydrogen-bond donors (Lipinski definition) is 2. The predicted molar refractivity (Wildman–Crippen MR) is 76.7 cm³/mol. The minimum absolute atomic E-state index is 0.0101. The molecule has 0 aromatic rings. The SMILES string of the molecule is CCCCCCC[C@@H](C)CNC(=O)[C@@H]1CCC(=O)N1. The summed E-state index contributed by atoms with van der Waals surface area (Å²) in [5.41, 5.74) is 0. The molecule has 0 aromatic heterocycles. The Balaban J connectivity index is 2.04. The molecule has 4 heteroatoms. The second kappa shape index (κ2) is 8.94. The molecule has 1 heterocycles. The van der Waals surface area contributed by atoms with E-state index in [1.807, 2.05) is 0 Å². The van der Waals surface area contributed by atoms with Crippen LogP contribution in [0.4, 0.5) is 0 Å². The van der Waals surface area contributed by atoms with Crippen LogP contribution in [0, 0.1) is 5.92 Å². The van der Waals surface area contributed by atoms with Gasteiger partial charge in [0.1, 0.15) is 6.04 Å². The fourth-order valence-corrected chi connectivity index (χ4v) is 2.41. The van der Waals surface area contributed by atoms with Crippen molar-refractivity contribution in [2.45, 2.75) is 71.3 Å². The molecule has 2 N–H and O–H groups in total. The van der Waals surface area contributed by atoms with Gasteiger partial charge in [0.15, 0.2) is 0 Å². The van der Waals surface area contributed by atoms with Crippen LogP contribution in [-0.4, -0.2) is 24.4 Å². The summed E-state index contributed by atoms with van der Waals surface area (Å²) in [7, 11) is 0. The van der Waals surface area contributed by atoms with E-state index < -0.39 is 0 Å². The monoisotopic (exact) mass is 268 g/mol. The van der Waals surface area contributed by atoms with Gasteiger partial charge in [0, 0.05) is 13.0 Å². The Morgan fingerprint density at radius 2 is 2.11 bits per heavy atom. The van der Waals surface area contributed by atoms with E-state index in [0.29, 0.717) is 18.8 Å². The summed E-state index contributed by atoms with van der Waals surface area (Å²) in [6, 6.07) is -0.302. The molecule has 1 rings (SSSR count). The van der Waals surface area contributed by atoms with Crippen LogP contribution in [0.25, 0.3) is 0 Å². The van der Waals surface area contributed by atoms with Crippen LogP contribution in [0.15, 0.2) is 0 Å². The van der Waals surface area contributed by atoms with Gasteiger partial charge in [0.2, 0.25) is 11.8 Å². The van der Waals surface area contributed by atoms with Crippen molar-refractivity contribution in [3.8, 4) is 0 Å². The second-order valence-electron chi connectivity index (χ2n) is 5.71. The molecule has 1 aliphatic heterocycles. The highest BCUT2D eigenvalue weighted by Gasteiger charge is 2.26. The molecule has 0 radical (unpaired) electrons. The third-order valence-electron chi connectivity index (χ3n) is 3.74. The van der Waals surface area contributed by atoms with Gasteiger partial charge in [-0.2, -0.15) is 0 Å². The molecule has 0 saturated carbocycles. The zero-order valence-electron chi connectivity index (χ0n) is 12.3. The number of hydrogen-bond acceptors (Lipinski definition) is 2. The van der Waals surface area contributed by atoms with Crippen molar-refractivity contribution in [1.29, 1.82) is 0 Å². The Morgan fingerprint density at radius 3 is 2.74 bits per heavy atom. The summed E-state index contributed by atoms with van der Waals surface area (Å²) in [6.45, 7) is 5.12. The zero-order valence-corrected chi connectivity index (χ0v) is 12.3.